The summed E-state index contributed by atoms with van der Waals surface area (Å²) in [5.74, 6) is 0.797. The molecular weight excluding hydrogens is 188 g/mol. The van der Waals surface area contributed by atoms with Crippen LogP contribution in [0.1, 0.15) is 31.9 Å². The predicted octanol–water partition coefficient (Wildman–Crippen LogP) is 3.08. The van der Waals surface area contributed by atoms with Gasteiger partial charge in [-0.05, 0) is 38.0 Å². The van der Waals surface area contributed by atoms with Gasteiger partial charge in [0.2, 0.25) is 0 Å². The number of hydrogen-bond donors (Lipinski definition) is 1. The number of hydrogen-bond acceptors (Lipinski definition) is 2. The Kier molecular flexibility index (Phi) is 4.37. The summed E-state index contributed by atoms with van der Waals surface area (Å²) in [5.41, 5.74) is 0.869. The Balaban J connectivity index is 2.77. The average Bonchev–Trinajstić information content (AvgIpc) is 2.17. The molecule has 0 aliphatic heterocycles. The van der Waals surface area contributed by atoms with Crippen LogP contribution in [0.4, 0.5) is 0 Å². The van der Waals surface area contributed by atoms with Crippen LogP contribution in [0.3, 0.4) is 0 Å². The third kappa shape index (κ3) is 3.76. The van der Waals surface area contributed by atoms with Gasteiger partial charge < -0.3 is 9.84 Å². The monoisotopic (exact) mass is 206 g/mol. The largest absolute Gasteiger partial charge is 0.491 e. The van der Waals surface area contributed by atoms with E-state index in [0.29, 0.717) is 6.42 Å². The molecule has 0 saturated heterocycles. The molecule has 1 aromatic carbocycles. The van der Waals surface area contributed by atoms with Crippen molar-refractivity contribution in [1.29, 1.82) is 0 Å². The molecule has 0 unspecified atom stereocenters. The van der Waals surface area contributed by atoms with Crippen LogP contribution < -0.4 is 4.74 Å². The van der Waals surface area contributed by atoms with E-state index in [2.05, 4.69) is 6.58 Å². The van der Waals surface area contributed by atoms with Crippen LogP contribution in [0.25, 0.3) is 0 Å². The molecule has 1 N–H and O–H groups in total. The van der Waals surface area contributed by atoms with Crippen LogP contribution in [0.2, 0.25) is 0 Å². The van der Waals surface area contributed by atoms with E-state index in [1.54, 1.807) is 6.08 Å². The fourth-order valence-corrected chi connectivity index (χ4v) is 1.36. The standard InChI is InChI=1S/C13H18O2/c1-4-6-13(14)11-7-5-8-12(9-11)15-10(2)3/h4-5,7-10,13-14H,1,6H2,2-3H3/t13-/m1/s1. The maximum absolute atomic E-state index is 9.75. The number of aliphatic hydroxyl groups excluding tert-OH is 1. The van der Waals surface area contributed by atoms with Crippen molar-refractivity contribution < 1.29 is 9.84 Å². The van der Waals surface area contributed by atoms with Gasteiger partial charge in [-0.1, -0.05) is 18.2 Å². The van der Waals surface area contributed by atoms with Gasteiger partial charge in [0.05, 0.1) is 12.2 Å². The van der Waals surface area contributed by atoms with Crippen molar-refractivity contribution in [2.24, 2.45) is 0 Å². The molecule has 2 nitrogen and oxygen atoms in total. The second kappa shape index (κ2) is 5.56. The maximum Gasteiger partial charge on any atom is 0.120 e. The molecule has 2 heteroatoms. The molecule has 0 aliphatic carbocycles. The molecule has 15 heavy (non-hydrogen) atoms. The molecule has 1 atom stereocenters. The average molecular weight is 206 g/mol. The molecule has 0 aliphatic rings. The van der Waals surface area contributed by atoms with Crippen molar-refractivity contribution in [3.8, 4) is 5.75 Å². The van der Waals surface area contributed by atoms with Crippen LogP contribution in [-0.4, -0.2) is 11.2 Å². The highest BCUT2D eigenvalue weighted by molar-refractivity contribution is 5.30. The van der Waals surface area contributed by atoms with Crippen LogP contribution in [-0.2, 0) is 0 Å². The Bertz CT molecular complexity index is 318. The highest BCUT2D eigenvalue weighted by Crippen LogP contribution is 2.22. The molecular formula is C13H18O2. The SMILES string of the molecule is C=CC[C@@H](O)c1cccc(OC(C)C)c1. The number of benzene rings is 1. The minimum absolute atomic E-state index is 0.150. The Hall–Kier alpha value is -1.28. The van der Waals surface area contributed by atoms with Gasteiger partial charge in [0.15, 0.2) is 0 Å². The van der Waals surface area contributed by atoms with Crippen molar-refractivity contribution in [3.05, 3.63) is 42.5 Å². The summed E-state index contributed by atoms with van der Waals surface area (Å²) in [4.78, 5) is 0. The van der Waals surface area contributed by atoms with Crippen LogP contribution in [0.15, 0.2) is 36.9 Å². The molecule has 0 saturated carbocycles. The predicted molar refractivity (Wildman–Crippen MR) is 62.0 cm³/mol. The van der Waals surface area contributed by atoms with E-state index >= 15 is 0 Å². The lowest BCUT2D eigenvalue weighted by molar-refractivity contribution is 0.180. The number of aliphatic hydroxyl groups is 1. The molecule has 1 aromatic rings. The van der Waals surface area contributed by atoms with Gasteiger partial charge >= 0.3 is 0 Å². The Labute approximate surface area is 91.2 Å². The zero-order valence-corrected chi connectivity index (χ0v) is 9.31. The topological polar surface area (TPSA) is 29.5 Å². The van der Waals surface area contributed by atoms with Gasteiger partial charge in [-0.3, -0.25) is 0 Å². The summed E-state index contributed by atoms with van der Waals surface area (Å²) >= 11 is 0. The lowest BCUT2D eigenvalue weighted by atomic mass is 10.1. The minimum atomic E-state index is -0.488. The molecule has 1 rings (SSSR count). The summed E-state index contributed by atoms with van der Waals surface area (Å²) in [5, 5.41) is 9.75. The van der Waals surface area contributed by atoms with E-state index < -0.39 is 6.10 Å². The van der Waals surface area contributed by atoms with E-state index in [4.69, 9.17) is 4.74 Å². The fourth-order valence-electron chi connectivity index (χ4n) is 1.36. The van der Waals surface area contributed by atoms with E-state index in [0.717, 1.165) is 11.3 Å². The highest BCUT2D eigenvalue weighted by atomic mass is 16.5. The van der Waals surface area contributed by atoms with Crippen LogP contribution in [0, 0.1) is 0 Å². The molecule has 82 valence electrons. The van der Waals surface area contributed by atoms with Crippen molar-refractivity contribution in [1.82, 2.24) is 0 Å². The summed E-state index contributed by atoms with van der Waals surface area (Å²) in [6.07, 6.45) is 1.93. The van der Waals surface area contributed by atoms with Gasteiger partial charge in [0.25, 0.3) is 0 Å². The van der Waals surface area contributed by atoms with Crippen molar-refractivity contribution in [2.45, 2.75) is 32.5 Å². The quantitative estimate of drug-likeness (QED) is 0.750. The molecule has 0 amide bonds. The lowest BCUT2D eigenvalue weighted by Gasteiger charge is -2.13. The van der Waals surface area contributed by atoms with Crippen molar-refractivity contribution >= 4 is 0 Å². The summed E-state index contributed by atoms with van der Waals surface area (Å²) in [7, 11) is 0. The molecule has 0 bridgehead atoms. The number of ether oxygens (including phenoxy) is 1. The summed E-state index contributed by atoms with van der Waals surface area (Å²) < 4.78 is 5.55. The Morgan fingerprint density at radius 1 is 1.47 bits per heavy atom. The first-order valence-electron chi connectivity index (χ1n) is 5.19. The Morgan fingerprint density at radius 3 is 2.80 bits per heavy atom. The van der Waals surface area contributed by atoms with Crippen LogP contribution >= 0.6 is 0 Å². The summed E-state index contributed by atoms with van der Waals surface area (Å²) in [6, 6.07) is 7.54. The van der Waals surface area contributed by atoms with Gasteiger partial charge in [-0.2, -0.15) is 0 Å². The second-order valence-electron chi connectivity index (χ2n) is 3.78. The van der Waals surface area contributed by atoms with Gasteiger partial charge in [-0.15, -0.1) is 6.58 Å². The second-order valence-corrected chi connectivity index (χ2v) is 3.78. The number of rotatable bonds is 5. The minimum Gasteiger partial charge on any atom is -0.491 e. The third-order valence-electron chi connectivity index (χ3n) is 2.00. The zero-order valence-electron chi connectivity index (χ0n) is 9.31. The summed E-state index contributed by atoms with van der Waals surface area (Å²) in [6.45, 7) is 7.56. The normalized spacial score (nSPS) is 12.5. The maximum atomic E-state index is 9.75. The van der Waals surface area contributed by atoms with E-state index in [9.17, 15) is 5.11 Å². The van der Waals surface area contributed by atoms with E-state index in [-0.39, 0.29) is 6.10 Å². The molecule has 0 aromatic heterocycles. The van der Waals surface area contributed by atoms with Gasteiger partial charge in [-0.25, -0.2) is 0 Å². The smallest absolute Gasteiger partial charge is 0.120 e. The van der Waals surface area contributed by atoms with Gasteiger partial charge in [0, 0.05) is 0 Å². The van der Waals surface area contributed by atoms with E-state index in [1.165, 1.54) is 0 Å². The third-order valence-corrected chi connectivity index (χ3v) is 2.00. The van der Waals surface area contributed by atoms with Crippen LogP contribution in [0.5, 0.6) is 5.75 Å². The lowest BCUT2D eigenvalue weighted by Crippen LogP contribution is -2.06. The molecule has 0 fully saturated rings. The fraction of sp³-hybridized carbons (Fsp3) is 0.385. The molecule has 0 radical (unpaired) electrons. The van der Waals surface area contributed by atoms with Crippen molar-refractivity contribution in [3.63, 3.8) is 0 Å². The first-order chi connectivity index (χ1) is 7.13. The molecule has 0 spiro atoms. The van der Waals surface area contributed by atoms with Crippen molar-refractivity contribution in [2.75, 3.05) is 0 Å². The first kappa shape index (κ1) is 11.8. The first-order valence-corrected chi connectivity index (χ1v) is 5.19. The Morgan fingerprint density at radius 2 is 2.20 bits per heavy atom. The van der Waals surface area contributed by atoms with E-state index in [1.807, 2.05) is 38.1 Å². The van der Waals surface area contributed by atoms with Gasteiger partial charge in [0.1, 0.15) is 5.75 Å². The zero-order chi connectivity index (χ0) is 11.3. The highest BCUT2D eigenvalue weighted by Gasteiger charge is 2.06. The molecule has 0 heterocycles.